The number of hydrazine groups is 1. The Hall–Kier alpha value is -5.89. The Kier molecular flexibility index (Phi) is 13.8. The molecule has 4 amide bonds. The number of hydrogen-bond donors (Lipinski definition) is 3. The lowest BCUT2D eigenvalue weighted by Gasteiger charge is -2.35. The van der Waals surface area contributed by atoms with Crippen LogP contribution in [-0.4, -0.2) is 105 Å². The van der Waals surface area contributed by atoms with Crippen LogP contribution in [0.3, 0.4) is 0 Å². The number of pyridine rings is 2. The number of nitrogens with one attached hydrogen (secondary N) is 2. The van der Waals surface area contributed by atoms with E-state index in [-0.39, 0.29) is 37.0 Å². The van der Waals surface area contributed by atoms with Gasteiger partial charge >= 0.3 is 12.1 Å². The molecule has 0 spiro atoms. The van der Waals surface area contributed by atoms with E-state index in [4.69, 9.17) is 9.47 Å². The number of para-hydroxylation sites is 1. The van der Waals surface area contributed by atoms with Crippen molar-refractivity contribution in [2.24, 2.45) is 5.92 Å². The number of carbonyl (C=O) groups is 3. The second-order valence-corrected chi connectivity index (χ2v) is 15.4. The minimum Gasteiger partial charge on any atom is -0.443 e. The predicted molar refractivity (Wildman–Crippen MR) is 225 cm³/mol. The van der Waals surface area contributed by atoms with Crippen molar-refractivity contribution >= 4 is 28.9 Å². The Bertz CT molecular complexity index is 2150. The number of urea groups is 1. The number of ether oxygens (including phenoxy) is 2. The van der Waals surface area contributed by atoms with Gasteiger partial charge in [0.05, 0.1) is 36.6 Å². The van der Waals surface area contributed by atoms with E-state index in [1.54, 1.807) is 27.2 Å². The number of rotatable bonds is 17. The summed E-state index contributed by atoms with van der Waals surface area (Å²) in [6.45, 7) is 6.28. The van der Waals surface area contributed by atoms with Gasteiger partial charge in [0.2, 0.25) is 5.91 Å². The molecule has 5 aromatic rings. The molecule has 13 heteroatoms. The fourth-order valence-corrected chi connectivity index (χ4v) is 7.80. The third kappa shape index (κ3) is 10.6. The lowest BCUT2D eigenvalue weighted by molar-refractivity contribution is -0.128. The first-order chi connectivity index (χ1) is 28.7. The normalized spacial score (nSPS) is 17.5. The van der Waals surface area contributed by atoms with Crippen LogP contribution in [0.25, 0.3) is 22.2 Å². The molecule has 2 aliphatic rings. The molecule has 2 aromatic heterocycles. The van der Waals surface area contributed by atoms with E-state index in [0.717, 1.165) is 38.9 Å². The smallest absolute Gasteiger partial charge is 0.422 e. The second-order valence-electron chi connectivity index (χ2n) is 15.4. The Morgan fingerprint density at radius 2 is 1.71 bits per heavy atom. The van der Waals surface area contributed by atoms with Crippen LogP contribution in [0.2, 0.25) is 0 Å². The topological polar surface area (TPSA) is 149 Å². The minimum absolute atomic E-state index is 0.0413. The molecule has 0 aliphatic carbocycles. The van der Waals surface area contributed by atoms with Crippen LogP contribution in [0, 0.1) is 5.92 Å². The molecule has 0 bridgehead atoms. The predicted octanol–water partition coefficient (Wildman–Crippen LogP) is 5.97. The zero-order valence-corrected chi connectivity index (χ0v) is 33.7. The van der Waals surface area contributed by atoms with Crippen molar-refractivity contribution in [1.29, 1.82) is 0 Å². The molecular weight excluding hydrogens is 747 g/mol. The molecule has 2 saturated heterocycles. The van der Waals surface area contributed by atoms with Gasteiger partial charge < -0.3 is 29.7 Å². The highest BCUT2D eigenvalue weighted by Gasteiger charge is 2.41. The van der Waals surface area contributed by atoms with Gasteiger partial charge in [-0.05, 0) is 53.3 Å². The molecule has 3 aromatic carbocycles. The Morgan fingerprint density at radius 3 is 2.46 bits per heavy atom. The fourth-order valence-electron chi connectivity index (χ4n) is 7.80. The summed E-state index contributed by atoms with van der Waals surface area (Å²) >= 11 is 0. The Balaban J connectivity index is 1.09. The SMILES string of the molecule is CCC(C)C(C(=O)NC(Cc1ccccc1)C(O)CN(Cc1ccc(-c2ccccn2)cc1)NC(=O)OC1CCOC1)N1CCN(Cc2ccnc3ccccc23)C1=O. The molecule has 308 valence electrons. The van der Waals surface area contributed by atoms with Gasteiger partial charge in [-0.3, -0.25) is 20.2 Å². The van der Waals surface area contributed by atoms with Crippen molar-refractivity contribution < 1.29 is 29.0 Å². The number of fused-ring (bicyclic) bond motifs is 1. The first-order valence-electron chi connectivity index (χ1n) is 20.5. The van der Waals surface area contributed by atoms with Crippen molar-refractivity contribution in [2.45, 2.75) is 70.5 Å². The summed E-state index contributed by atoms with van der Waals surface area (Å²) in [5, 5.41) is 17.8. The summed E-state index contributed by atoms with van der Waals surface area (Å²) in [5.41, 5.74) is 8.27. The lowest BCUT2D eigenvalue weighted by atomic mass is 9.95. The average molecular weight is 800 g/mol. The van der Waals surface area contributed by atoms with E-state index in [1.165, 1.54) is 0 Å². The third-order valence-electron chi connectivity index (χ3n) is 11.2. The van der Waals surface area contributed by atoms with Gasteiger partial charge in [-0.15, -0.1) is 0 Å². The second kappa shape index (κ2) is 19.7. The van der Waals surface area contributed by atoms with E-state index in [9.17, 15) is 19.5 Å². The lowest BCUT2D eigenvalue weighted by Crippen LogP contribution is -2.58. The van der Waals surface area contributed by atoms with Crippen LogP contribution in [-0.2, 0) is 33.8 Å². The van der Waals surface area contributed by atoms with Crippen LogP contribution < -0.4 is 10.7 Å². The number of carbonyl (C=O) groups excluding carboxylic acids is 3. The standard InChI is InChI=1S/C46H53N7O6/c1-3-32(2)43(53-25-24-51(46(53)57)29-36-20-23-48-40-15-8-7-13-38(36)40)44(55)49-41(27-33-11-5-4-6-12-33)42(54)30-52(50-45(56)59-37-21-26-58-31-37)28-34-16-18-35(19-17-34)39-14-9-10-22-47-39/h4-20,22-23,32,37,41-43,54H,3,21,24-31H2,1-2H3,(H,49,55)(H,50,56). The van der Waals surface area contributed by atoms with Crippen molar-refractivity contribution in [3.05, 3.63) is 132 Å². The van der Waals surface area contributed by atoms with Crippen molar-refractivity contribution in [3.63, 3.8) is 0 Å². The number of amides is 4. The van der Waals surface area contributed by atoms with Gasteiger partial charge in [0.25, 0.3) is 0 Å². The summed E-state index contributed by atoms with van der Waals surface area (Å²) in [4.78, 5) is 54.2. The number of benzene rings is 3. The molecule has 0 saturated carbocycles. The molecule has 4 heterocycles. The summed E-state index contributed by atoms with van der Waals surface area (Å²) < 4.78 is 11.0. The molecule has 3 N–H and O–H groups in total. The van der Waals surface area contributed by atoms with Crippen molar-refractivity contribution in [3.8, 4) is 11.3 Å². The molecule has 5 unspecified atom stereocenters. The summed E-state index contributed by atoms with van der Waals surface area (Å²) in [6.07, 6.45) is 2.91. The minimum atomic E-state index is -1.15. The zero-order chi connectivity index (χ0) is 41.1. The van der Waals surface area contributed by atoms with Gasteiger partial charge in [-0.1, -0.05) is 99.1 Å². The van der Waals surface area contributed by atoms with Gasteiger partial charge in [0, 0.05) is 62.5 Å². The molecule has 2 fully saturated rings. The molecule has 0 radical (unpaired) electrons. The number of aliphatic hydroxyl groups excluding tert-OH is 1. The number of aliphatic hydroxyl groups is 1. The molecule has 7 rings (SSSR count). The summed E-state index contributed by atoms with van der Waals surface area (Å²) in [6, 6.07) is 31.3. The molecule has 2 aliphatic heterocycles. The molecular formula is C46H53N7O6. The average Bonchev–Trinajstić information content (AvgIpc) is 3.90. The highest BCUT2D eigenvalue weighted by atomic mass is 16.6. The van der Waals surface area contributed by atoms with Crippen LogP contribution in [0.15, 0.2) is 116 Å². The van der Waals surface area contributed by atoms with Crippen LogP contribution >= 0.6 is 0 Å². The number of nitrogens with zero attached hydrogens (tertiary/aromatic N) is 5. The maximum absolute atomic E-state index is 14.6. The monoisotopic (exact) mass is 799 g/mol. The van der Waals surface area contributed by atoms with Gasteiger partial charge in [0.1, 0.15) is 12.1 Å². The van der Waals surface area contributed by atoms with Crippen molar-refractivity contribution in [1.82, 2.24) is 35.5 Å². The van der Waals surface area contributed by atoms with Gasteiger partial charge in [-0.25, -0.2) is 14.6 Å². The fraction of sp³-hybridized carbons (Fsp3) is 0.370. The van der Waals surface area contributed by atoms with E-state index >= 15 is 0 Å². The quantitative estimate of drug-likeness (QED) is 0.0968. The Morgan fingerprint density at radius 1 is 0.932 bits per heavy atom. The number of hydrogen-bond acceptors (Lipinski definition) is 9. The highest BCUT2D eigenvalue weighted by molar-refractivity contribution is 5.89. The maximum atomic E-state index is 14.6. The van der Waals surface area contributed by atoms with Crippen molar-refractivity contribution in [2.75, 3.05) is 32.8 Å². The maximum Gasteiger partial charge on any atom is 0.422 e. The van der Waals surface area contributed by atoms with Crippen LogP contribution in [0.5, 0.6) is 0 Å². The first-order valence-corrected chi connectivity index (χ1v) is 20.5. The summed E-state index contributed by atoms with van der Waals surface area (Å²) in [5.74, 6) is -0.508. The van der Waals surface area contributed by atoms with Gasteiger partial charge in [-0.2, -0.15) is 0 Å². The number of aromatic nitrogens is 2. The van der Waals surface area contributed by atoms with E-state index in [0.29, 0.717) is 52.1 Å². The zero-order valence-electron chi connectivity index (χ0n) is 33.7. The molecule has 59 heavy (non-hydrogen) atoms. The van der Waals surface area contributed by atoms with Crippen LogP contribution in [0.4, 0.5) is 9.59 Å². The van der Waals surface area contributed by atoms with Gasteiger partial charge in [0.15, 0.2) is 0 Å². The first kappa shape index (κ1) is 41.3. The van der Waals surface area contributed by atoms with E-state index in [1.807, 2.05) is 117 Å². The molecule has 13 nitrogen and oxygen atoms in total. The Labute approximate surface area is 345 Å². The molecule has 5 atom stereocenters. The van der Waals surface area contributed by atoms with Crippen LogP contribution in [0.1, 0.15) is 43.4 Å². The third-order valence-corrected chi connectivity index (χ3v) is 11.2. The van der Waals surface area contributed by atoms with E-state index in [2.05, 4.69) is 20.7 Å². The summed E-state index contributed by atoms with van der Waals surface area (Å²) in [7, 11) is 0. The largest absolute Gasteiger partial charge is 0.443 e. The highest BCUT2D eigenvalue weighted by Crippen LogP contribution is 2.25. The van der Waals surface area contributed by atoms with E-state index < -0.39 is 24.3 Å².